The van der Waals surface area contributed by atoms with Gasteiger partial charge >= 0.3 is 5.97 Å². The SMILES string of the molecule is CCCCCCCCC/C=C\CCCCCCCC(=O)OCCCCCCCCCCC/C=C\C/C=C\CCCCCCCCCCCCCCCCCCCC(=O)NC(COC1OC(CO)C(O)C(O)C1O)C(O)/C=C/CCCCCCCCCC. The fourth-order valence-electron chi connectivity index (χ4n) is 11.8. The summed E-state index contributed by atoms with van der Waals surface area (Å²) in [5.74, 6) is -0.180. The minimum absolute atomic E-state index is 0.000298. The number of hydrogen-bond acceptors (Lipinski definition) is 10. The van der Waals surface area contributed by atoms with E-state index in [0.29, 0.717) is 19.4 Å². The van der Waals surface area contributed by atoms with Crippen LogP contribution in [0, 0.1) is 0 Å². The molecule has 510 valence electrons. The predicted molar refractivity (Wildman–Crippen MR) is 366 cm³/mol. The lowest BCUT2D eigenvalue weighted by molar-refractivity contribution is -0.302. The molecule has 1 rings (SSSR count). The molecule has 7 unspecified atom stereocenters. The molecule has 0 radical (unpaired) electrons. The van der Waals surface area contributed by atoms with Crippen LogP contribution in [0.1, 0.15) is 361 Å². The van der Waals surface area contributed by atoms with E-state index in [4.69, 9.17) is 14.2 Å². The second-order valence-electron chi connectivity index (χ2n) is 26.0. The molecule has 11 nitrogen and oxygen atoms in total. The van der Waals surface area contributed by atoms with Gasteiger partial charge in [0, 0.05) is 12.8 Å². The van der Waals surface area contributed by atoms with E-state index in [2.05, 4.69) is 55.6 Å². The number of ether oxygens (including phenoxy) is 3. The molecule has 0 aromatic heterocycles. The number of allylic oxidation sites excluding steroid dienone is 7. The maximum atomic E-state index is 13.0. The van der Waals surface area contributed by atoms with Gasteiger partial charge < -0.3 is 45.1 Å². The molecular formula is C76H141NO10. The Morgan fingerprint density at radius 2 is 0.770 bits per heavy atom. The zero-order chi connectivity index (χ0) is 63.0. The molecule has 1 aliphatic heterocycles. The van der Waals surface area contributed by atoms with E-state index in [-0.39, 0.29) is 18.5 Å². The second-order valence-corrected chi connectivity index (χ2v) is 26.0. The monoisotopic (exact) mass is 1230 g/mol. The summed E-state index contributed by atoms with van der Waals surface area (Å²) >= 11 is 0. The molecule has 1 saturated heterocycles. The van der Waals surface area contributed by atoms with Crippen LogP contribution in [0.3, 0.4) is 0 Å². The van der Waals surface area contributed by atoms with E-state index in [1.807, 2.05) is 6.08 Å². The number of unbranched alkanes of at least 4 members (excludes halogenated alkanes) is 46. The number of rotatable bonds is 66. The Balaban J connectivity index is 1.91. The lowest BCUT2D eigenvalue weighted by Crippen LogP contribution is -2.60. The lowest BCUT2D eigenvalue weighted by atomic mass is 9.99. The number of amides is 1. The molecule has 0 bridgehead atoms. The first kappa shape index (κ1) is 82.6. The predicted octanol–water partition coefficient (Wildman–Crippen LogP) is 19.5. The highest BCUT2D eigenvalue weighted by Gasteiger charge is 2.44. The van der Waals surface area contributed by atoms with Crippen molar-refractivity contribution in [3.8, 4) is 0 Å². The Labute approximate surface area is 536 Å². The summed E-state index contributed by atoms with van der Waals surface area (Å²) in [5.41, 5.74) is 0. The normalized spacial score (nSPS) is 18.1. The molecule has 6 N–H and O–H groups in total. The first-order valence-electron chi connectivity index (χ1n) is 37.4. The van der Waals surface area contributed by atoms with Gasteiger partial charge in [0.1, 0.15) is 24.4 Å². The number of carbonyl (C=O) groups excluding carboxylic acids is 2. The van der Waals surface area contributed by atoms with Crippen LogP contribution in [0.2, 0.25) is 0 Å². The quantitative estimate of drug-likeness (QED) is 0.0195. The van der Waals surface area contributed by atoms with Crippen molar-refractivity contribution in [1.29, 1.82) is 0 Å². The van der Waals surface area contributed by atoms with Gasteiger partial charge in [-0.2, -0.15) is 0 Å². The highest BCUT2D eigenvalue weighted by molar-refractivity contribution is 5.76. The standard InChI is InChI=1S/C76H141NO10/c1-3-5-7-9-11-13-15-16-17-38-41-44-48-52-56-60-64-72(81)85-65-61-57-53-49-45-42-39-36-34-32-30-28-26-24-22-20-18-19-21-23-25-27-29-31-33-35-37-40-43-47-51-55-59-63-71(80)77-68(67-86-76-75(84)74(83)73(82)70(66-78)87-76)69(79)62-58-54-50-46-14-12-10-8-6-4-2/h17,22,24,28,30,38,58,62,68-70,73-76,78-79,82-84H,3-16,18-21,23,25-27,29,31-37,39-57,59-61,63-67H2,1-2H3,(H,77,80)/b24-22-,30-28-,38-17-,62-58+. The number of aliphatic hydroxyl groups is 5. The molecular weight excluding hydrogens is 1090 g/mol. The van der Waals surface area contributed by atoms with Crippen LogP contribution in [0.15, 0.2) is 48.6 Å². The summed E-state index contributed by atoms with van der Waals surface area (Å²) in [6.07, 6.45) is 75.6. The van der Waals surface area contributed by atoms with Gasteiger partial charge in [-0.1, -0.05) is 306 Å². The van der Waals surface area contributed by atoms with Crippen molar-refractivity contribution in [3.05, 3.63) is 48.6 Å². The van der Waals surface area contributed by atoms with E-state index in [1.165, 1.54) is 270 Å². The molecule has 1 amide bonds. The summed E-state index contributed by atoms with van der Waals surface area (Å²) in [5, 5.41) is 54.4. The van der Waals surface area contributed by atoms with Crippen LogP contribution in [0.4, 0.5) is 0 Å². The van der Waals surface area contributed by atoms with Crippen molar-refractivity contribution >= 4 is 11.9 Å². The highest BCUT2D eigenvalue weighted by Crippen LogP contribution is 2.23. The maximum Gasteiger partial charge on any atom is 0.305 e. The molecule has 0 aliphatic carbocycles. The van der Waals surface area contributed by atoms with Crippen molar-refractivity contribution in [2.24, 2.45) is 0 Å². The minimum atomic E-state index is -1.57. The number of esters is 1. The summed E-state index contributed by atoms with van der Waals surface area (Å²) in [4.78, 5) is 25.1. The number of nitrogens with one attached hydrogen (secondary N) is 1. The third-order valence-corrected chi connectivity index (χ3v) is 17.7. The molecule has 11 heteroatoms. The summed E-state index contributed by atoms with van der Waals surface area (Å²) in [6.45, 7) is 4.35. The molecule has 0 aromatic rings. The van der Waals surface area contributed by atoms with Crippen LogP contribution in [0.5, 0.6) is 0 Å². The average molecular weight is 1230 g/mol. The van der Waals surface area contributed by atoms with Gasteiger partial charge in [-0.15, -0.1) is 0 Å². The van der Waals surface area contributed by atoms with Gasteiger partial charge in [0.15, 0.2) is 6.29 Å². The number of carbonyl (C=O) groups is 2. The van der Waals surface area contributed by atoms with Gasteiger partial charge in [0.25, 0.3) is 0 Å². The number of aliphatic hydroxyl groups excluding tert-OH is 5. The second kappa shape index (κ2) is 65.1. The van der Waals surface area contributed by atoms with Crippen LogP contribution >= 0.6 is 0 Å². The average Bonchev–Trinajstić information content (AvgIpc) is 3.20. The Kier molecular flexibility index (Phi) is 61.9. The first-order chi connectivity index (χ1) is 42.7. The Hall–Kier alpha value is -2.38. The van der Waals surface area contributed by atoms with Crippen molar-refractivity contribution in [3.63, 3.8) is 0 Å². The molecule has 0 spiro atoms. The molecule has 1 heterocycles. The first-order valence-corrected chi connectivity index (χ1v) is 37.4. The zero-order valence-corrected chi connectivity index (χ0v) is 56.7. The molecule has 87 heavy (non-hydrogen) atoms. The molecule has 0 saturated carbocycles. The third kappa shape index (κ3) is 53.9. The highest BCUT2D eigenvalue weighted by atomic mass is 16.7. The molecule has 0 aromatic carbocycles. The van der Waals surface area contributed by atoms with E-state index >= 15 is 0 Å². The third-order valence-electron chi connectivity index (χ3n) is 17.7. The summed E-state index contributed by atoms with van der Waals surface area (Å²) in [6, 6.07) is -0.808. The van der Waals surface area contributed by atoms with Crippen molar-refractivity contribution in [2.75, 3.05) is 19.8 Å². The lowest BCUT2D eigenvalue weighted by Gasteiger charge is -2.40. The van der Waals surface area contributed by atoms with Crippen LogP contribution in [-0.4, -0.2) is 100 Å². The largest absolute Gasteiger partial charge is 0.466 e. The fraction of sp³-hybridized carbons (Fsp3) is 0.868. The van der Waals surface area contributed by atoms with Crippen LogP contribution < -0.4 is 5.32 Å². The van der Waals surface area contributed by atoms with E-state index in [9.17, 15) is 35.1 Å². The van der Waals surface area contributed by atoms with E-state index in [1.54, 1.807) is 6.08 Å². The number of hydrogen-bond donors (Lipinski definition) is 6. The van der Waals surface area contributed by atoms with E-state index in [0.717, 1.165) is 64.2 Å². The fourth-order valence-corrected chi connectivity index (χ4v) is 11.8. The molecule has 7 atom stereocenters. The van der Waals surface area contributed by atoms with Gasteiger partial charge in [0.2, 0.25) is 5.91 Å². The van der Waals surface area contributed by atoms with Gasteiger partial charge in [-0.25, -0.2) is 0 Å². The van der Waals surface area contributed by atoms with Crippen LogP contribution in [0.25, 0.3) is 0 Å². The summed E-state index contributed by atoms with van der Waals surface area (Å²) in [7, 11) is 0. The van der Waals surface area contributed by atoms with Gasteiger partial charge in [-0.05, 0) is 89.9 Å². The Morgan fingerprint density at radius 3 is 1.17 bits per heavy atom. The smallest absolute Gasteiger partial charge is 0.305 e. The maximum absolute atomic E-state index is 13.0. The minimum Gasteiger partial charge on any atom is -0.466 e. The molecule has 1 aliphatic rings. The Bertz CT molecular complexity index is 1580. The van der Waals surface area contributed by atoms with Gasteiger partial charge in [0.05, 0.1) is 32.0 Å². The zero-order valence-electron chi connectivity index (χ0n) is 56.7. The molecule has 1 fully saturated rings. The van der Waals surface area contributed by atoms with Crippen LogP contribution in [-0.2, 0) is 23.8 Å². The van der Waals surface area contributed by atoms with Crippen molar-refractivity contribution in [1.82, 2.24) is 5.32 Å². The Morgan fingerprint density at radius 1 is 0.425 bits per heavy atom. The van der Waals surface area contributed by atoms with Crippen molar-refractivity contribution < 1.29 is 49.3 Å². The summed E-state index contributed by atoms with van der Waals surface area (Å²) < 4.78 is 16.7. The van der Waals surface area contributed by atoms with E-state index < -0.39 is 49.5 Å². The van der Waals surface area contributed by atoms with Crippen molar-refractivity contribution in [2.45, 2.75) is 403 Å². The topological polar surface area (TPSA) is 175 Å². The van der Waals surface area contributed by atoms with Gasteiger partial charge in [-0.3, -0.25) is 9.59 Å².